The zero-order chi connectivity index (χ0) is 29.5. The predicted octanol–water partition coefficient (Wildman–Crippen LogP) is 6.10. The van der Waals surface area contributed by atoms with Gasteiger partial charge in [-0.05, 0) is 97.7 Å². The molecule has 4 aromatic carbocycles. The summed E-state index contributed by atoms with van der Waals surface area (Å²) in [5, 5.41) is 12.4. The molecular formula is C35H31N5O3. The molecule has 0 aliphatic carbocycles. The van der Waals surface area contributed by atoms with Gasteiger partial charge in [0.05, 0.1) is 28.0 Å². The first-order chi connectivity index (χ1) is 20.9. The minimum Gasteiger partial charge on any atom is -0.478 e. The van der Waals surface area contributed by atoms with E-state index in [1.165, 1.54) is 0 Å². The molecule has 0 atom stereocenters. The van der Waals surface area contributed by atoms with Gasteiger partial charge in [-0.25, -0.2) is 9.78 Å². The zero-order valence-electron chi connectivity index (χ0n) is 23.8. The average molecular weight is 570 g/mol. The first-order valence-electron chi connectivity index (χ1n) is 14.5. The lowest BCUT2D eigenvalue weighted by Gasteiger charge is -2.29. The Kier molecular flexibility index (Phi) is 6.83. The fraction of sp³-hybridized carbons (Fsp3) is 0.200. The number of carbonyl (C=O) groups excluding carboxylic acids is 1. The van der Waals surface area contributed by atoms with Gasteiger partial charge in [0.15, 0.2) is 0 Å². The van der Waals surface area contributed by atoms with E-state index in [4.69, 9.17) is 9.98 Å². The van der Waals surface area contributed by atoms with Gasteiger partial charge >= 0.3 is 5.97 Å². The number of hydrogen-bond donors (Lipinski definition) is 3. The van der Waals surface area contributed by atoms with Crippen molar-refractivity contribution in [2.75, 3.05) is 20.1 Å². The predicted molar refractivity (Wildman–Crippen MR) is 168 cm³/mol. The van der Waals surface area contributed by atoms with Gasteiger partial charge in [0.2, 0.25) is 0 Å². The van der Waals surface area contributed by atoms with Crippen molar-refractivity contribution in [3.8, 4) is 22.5 Å². The molecule has 3 N–H and O–H groups in total. The van der Waals surface area contributed by atoms with Crippen molar-refractivity contribution in [1.82, 2.24) is 20.2 Å². The Morgan fingerprint density at radius 2 is 1.49 bits per heavy atom. The second-order valence-electron chi connectivity index (χ2n) is 11.4. The van der Waals surface area contributed by atoms with Crippen LogP contribution >= 0.6 is 0 Å². The Morgan fingerprint density at radius 1 is 0.837 bits per heavy atom. The number of imidazole rings is 1. The third-order valence-corrected chi connectivity index (χ3v) is 8.45. The lowest BCUT2D eigenvalue weighted by molar-refractivity contribution is 0.0696. The van der Waals surface area contributed by atoms with Crippen LogP contribution in [0.15, 0.2) is 89.9 Å². The van der Waals surface area contributed by atoms with E-state index < -0.39 is 5.97 Å². The smallest absolute Gasteiger partial charge is 0.335 e. The van der Waals surface area contributed by atoms with Crippen LogP contribution in [0.5, 0.6) is 0 Å². The van der Waals surface area contributed by atoms with Crippen molar-refractivity contribution in [2.24, 2.45) is 4.99 Å². The number of piperidine rings is 1. The third-order valence-electron chi connectivity index (χ3n) is 8.45. The lowest BCUT2D eigenvalue weighted by atomic mass is 9.99. The highest BCUT2D eigenvalue weighted by molar-refractivity contribution is 6.07. The fourth-order valence-electron chi connectivity index (χ4n) is 5.86. The highest BCUT2D eigenvalue weighted by Gasteiger charge is 2.20. The van der Waals surface area contributed by atoms with Gasteiger partial charge in [-0.3, -0.25) is 9.79 Å². The molecule has 1 aromatic heterocycles. The number of aromatic nitrogens is 2. The molecule has 1 fully saturated rings. The van der Waals surface area contributed by atoms with Crippen LogP contribution in [0.2, 0.25) is 0 Å². The molecule has 5 aromatic rings. The summed E-state index contributed by atoms with van der Waals surface area (Å²) in [6, 6.07) is 27.2. The average Bonchev–Trinajstić information content (AvgIpc) is 3.66. The van der Waals surface area contributed by atoms with E-state index in [9.17, 15) is 14.7 Å². The van der Waals surface area contributed by atoms with Crippen molar-refractivity contribution in [1.29, 1.82) is 0 Å². The van der Waals surface area contributed by atoms with Gasteiger partial charge < -0.3 is 20.3 Å². The molecule has 1 amide bonds. The molecule has 7 rings (SSSR count). The number of carboxylic acids is 1. The number of fused-ring (bicyclic) bond motifs is 2. The Hall–Kier alpha value is -5.08. The number of aromatic carboxylic acids is 1. The fourth-order valence-corrected chi connectivity index (χ4v) is 5.86. The number of amides is 1. The van der Waals surface area contributed by atoms with Crippen molar-refractivity contribution >= 4 is 34.3 Å². The normalized spacial score (nSPS) is 15.3. The van der Waals surface area contributed by atoms with Crippen molar-refractivity contribution < 1.29 is 14.7 Å². The number of aliphatic imine (C=N–C) groups is 1. The zero-order valence-corrected chi connectivity index (χ0v) is 23.8. The number of carbonyl (C=O) groups is 2. The Bertz CT molecular complexity index is 1880. The first kappa shape index (κ1) is 26.8. The lowest BCUT2D eigenvalue weighted by Crippen LogP contribution is -2.43. The topological polar surface area (TPSA) is 111 Å². The van der Waals surface area contributed by atoms with E-state index in [2.05, 4.69) is 52.6 Å². The molecule has 3 heterocycles. The Morgan fingerprint density at radius 3 is 2.23 bits per heavy atom. The SMILES string of the molecule is CN1CCC(NC(=O)c2ccc(-c3nc4ccc(-c5ccc6c(c5)N=C(c5ccc(C(=O)O)cc5)C6)cc4[nH]3)cc2)CC1. The first-order valence-corrected chi connectivity index (χ1v) is 14.5. The van der Waals surface area contributed by atoms with Gasteiger partial charge in [0.1, 0.15) is 5.82 Å². The van der Waals surface area contributed by atoms with Gasteiger partial charge in [0, 0.05) is 23.6 Å². The summed E-state index contributed by atoms with van der Waals surface area (Å²) < 4.78 is 0. The molecule has 8 nitrogen and oxygen atoms in total. The second-order valence-corrected chi connectivity index (χ2v) is 11.4. The molecule has 43 heavy (non-hydrogen) atoms. The van der Waals surface area contributed by atoms with Crippen LogP contribution in [-0.4, -0.2) is 63.7 Å². The van der Waals surface area contributed by atoms with E-state index in [1.807, 2.05) is 42.5 Å². The monoisotopic (exact) mass is 569 g/mol. The number of nitrogens with one attached hydrogen (secondary N) is 2. The summed E-state index contributed by atoms with van der Waals surface area (Å²) in [7, 11) is 2.11. The molecule has 0 radical (unpaired) electrons. The maximum atomic E-state index is 12.8. The highest BCUT2D eigenvalue weighted by atomic mass is 16.4. The molecule has 0 saturated carbocycles. The minimum absolute atomic E-state index is 0.0303. The van der Waals surface area contributed by atoms with E-state index in [1.54, 1.807) is 12.1 Å². The summed E-state index contributed by atoms with van der Waals surface area (Å²) in [4.78, 5) is 39.4. The van der Waals surface area contributed by atoms with Crippen LogP contribution in [0.4, 0.5) is 5.69 Å². The van der Waals surface area contributed by atoms with Crippen molar-refractivity contribution in [3.63, 3.8) is 0 Å². The molecular weight excluding hydrogens is 538 g/mol. The van der Waals surface area contributed by atoms with Crippen LogP contribution in [0.1, 0.15) is 44.7 Å². The number of hydrogen-bond acceptors (Lipinski definition) is 5. The molecule has 1 saturated heterocycles. The number of nitrogens with zero attached hydrogens (tertiary/aromatic N) is 3. The summed E-state index contributed by atoms with van der Waals surface area (Å²) in [5.41, 5.74) is 9.70. The van der Waals surface area contributed by atoms with Gasteiger partial charge in [-0.1, -0.05) is 42.5 Å². The van der Waals surface area contributed by atoms with E-state index in [0.717, 1.165) is 82.0 Å². The Balaban J connectivity index is 1.08. The van der Waals surface area contributed by atoms with E-state index >= 15 is 0 Å². The molecule has 8 heteroatoms. The quantitative estimate of drug-likeness (QED) is 0.229. The minimum atomic E-state index is -0.935. The van der Waals surface area contributed by atoms with Gasteiger partial charge in [0.25, 0.3) is 5.91 Å². The highest BCUT2D eigenvalue weighted by Crippen LogP contribution is 2.34. The van der Waals surface area contributed by atoms with Gasteiger partial charge in [-0.2, -0.15) is 0 Å². The van der Waals surface area contributed by atoms with Crippen LogP contribution in [-0.2, 0) is 6.42 Å². The number of rotatable bonds is 6. The number of carboxylic acid groups (broad SMARTS) is 1. The summed E-state index contributed by atoms with van der Waals surface area (Å²) in [6.07, 6.45) is 2.67. The van der Waals surface area contributed by atoms with Crippen LogP contribution in [0, 0.1) is 0 Å². The standard InChI is InChI=1S/C35H31N5O3/c1-40-16-14-28(15-17-40)36-34(41)23-6-4-22(5-7-23)33-38-29-13-12-26(19-32(29)39-33)25-10-11-27-20-30(37-31(27)18-25)21-2-8-24(9-3-21)35(42)43/h2-13,18-19,28H,14-17,20H2,1H3,(H,36,41)(H,38,39)(H,42,43). The maximum Gasteiger partial charge on any atom is 0.335 e. The van der Waals surface area contributed by atoms with Gasteiger partial charge in [-0.15, -0.1) is 0 Å². The molecule has 0 unspecified atom stereocenters. The van der Waals surface area contributed by atoms with Crippen molar-refractivity contribution in [3.05, 3.63) is 107 Å². The molecule has 2 aliphatic rings. The van der Waals surface area contributed by atoms with E-state index in [0.29, 0.717) is 12.0 Å². The Labute approximate surface area is 249 Å². The molecule has 0 spiro atoms. The van der Waals surface area contributed by atoms with Crippen LogP contribution in [0.25, 0.3) is 33.5 Å². The number of likely N-dealkylation sites (tertiary alicyclic amines) is 1. The van der Waals surface area contributed by atoms with E-state index in [-0.39, 0.29) is 17.5 Å². The molecule has 2 aliphatic heterocycles. The summed E-state index contributed by atoms with van der Waals surface area (Å²) in [5.74, 6) is -0.210. The molecule has 0 bridgehead atoms. The second kappa shape index (κ2) is 11.0. The summed E-state index contributed by atoms with van der Waals surface area (Å²) in [6.45, 7) is 2.01. The molecule has 214 valence electrons. The number of aromatic amines is 1. The maximum absolute atomic E-state index is 12.8. The van der Waals surface area contributed by atoms with Crippen LogP contribution in [0.3, 0.4) is 0 Å². The largest absolute Gasteiger partial charge is 0.478 e. The van der Waals surface area contributed by atoms with Crippen LogP contribution < -0.4 is 5.32 Å². The number of H-pyrrole nitrogens is 1. The third kappa shape index (κ3) is 5.45. The summed E-state index contributed by atoms with van der Waals surface area (Å²) >= 11 is 0. The number of benzene rings is 4. The van der Waals surface area contributed by atoms with Crippen molar-refractivity contribution in [2.45, 2.75) is 25.3 Å².